The van der Waals surface area contributed by atoms with Gasteiger partial charge < -0.3 is 24.6 Å². The number of rotatable bonds is 4. The average molecular weight is 358 g/mol. The number of benzene rings is 1. The van der Waals surface area contributed by atoms with Gasteiger partial charge in [-0.3, -0.25) is 0 Å². The Morgan fingerprint density at radius 2 is 2.04 bits per heavy atom. The first-order chi connectivity index (χ1) is 12.4. The number of carbonyl (C=O) groups is 1. The van der Waals surface area contributed by atoms with Crippen LogP contribution in [0.25, 0.3) is 11.1 Å². The van der Waals surface area contributed by atoms with Crippen LogP contribution in [0.15, 0.2) is 30.3 Å². The summed E-state index contributed by atoms with van der Waals surface area (Å²) in [6.45, 7) is 4.36. The molecule has 0 fully saturated rings. The molecular formula is C19H22N2O5. The maximum absolute atomic E-state index is 11.2. The van der Waals surface area contributed by atoms with E-state index in [9.17, 15) is 9.90 Å². The van der Waals surface area contributed by atoms with Gasteiger partial charge in [-0.1, -0.05) is 26.0 Å². The summed E-state index contributed by atoms with van der Waals surface area (Å²) in [7, 11) is 3.10. The number of hydrogen-bond donors (Lipinski definition) is 2. The van der Waals surface area contributed by atoms with E-state index in [-0.39, 0.29) is 11.5 Å². The minimum Gasteiger partial charge on any atom is -0.493 e. The van der Waals surface area contributed by atoms with Gasteiger partial charge in [-0.05, 0) is 17.7 Å². The van der Waals surface area contributed by atoms with Crippen molar-refractivity contribution in [1.82, 2.24) is 10.3 Å². The number of nitrogens with one attached hydrogen (secondary N) is 1. The molecule has 1 amide bonds. The van der Waals surface area contributed by atoms with Crippen LogP contribution in [-0.4, -0.2) is 37.0 Å². The molecule has 1 aromatic heterocycles. The highest BCUT2D eigenvalue weighted by Gasteiger charge is 2.38. The average Bonchev–Trinajstić information content (AvgIpc) is 2.63. The Kier molecular flexibility index (Phi) is 4.63. The summed E-state index contributed by atoms with van der Waals surface area (Å²) in [6, 6.07) is 8.95. The second-order valence-electron chi connectivity index (χ2n) is 6.82. The van der Waals surface area contributed by atoms with Crippen molar-refractivity contribution in [2.45, 2.75) is 19.9 Å². The Labute approximate surface area is 151 Å². The molecule has 0 saturated carbocycles. The van der Waals surface area contributed by atoms with E-state index < -0.39 is 6.09 Å². The minimum atomic E-state index is -1.05. The molecule has 1 unspecified atom stereocenters. The van der Waals surface area contributed by atoms with Crippen molar-refractivity contribution in [2.24, 2.45) is 5.41 Å². The van der Waals surface area contributed by atoms with Crippen LogP contribution >= 0.6 is 0 Å². The summed E-state index contributed by atoms with van der Waals surface area (Å²) >= 11 is 0. The Morgan fingerprint density at radius 1 is 1.27 bits per heavy atom. The lowest BCUT2D eigenvalue weighted by molar-refractivity contribution is 0.0996. The largest absolute Gasteiger partial charge is 0.493 e. The van der Waals surface area contributed by atoms with Crippen molar-refractivity contribution in [1.29, 1.82) is 0 Å². The first-order valence-electron chi connectivity index (χ1n) is 8.21. The molecule has 2 aromatic rings. The number of pyridine rings is 1. The number of ether oxygens (including phenoxy) is 3. The Morgan fingerprint density at radius 3 is 2.69 bits per heavy atom. The molecular weight excluding hydrogens is 336 g/mol. The summed E-state index contributed by atoms with van der Waals surface area (Å²) in [6.07, 6.45) is -1.05. The van der Waals surface area contributed by atoms with Crippen molar-refractivity contribution in [2.75, 3.05) is 20.8 Å². The zero-order valence-corrected chi connectivity index (χ0v) is 15.2. The molecule has 1 aliphatic heterocycles. The van der Waals surface area contributed by atoms with Crippen molar-refractivity contribution in [3.8, 4) is 28.6 Å². The number of aromatic nitrogens is 1. The summed E-state index contributed by atoms with van der Waals surface area (Å²) in [5.74, 6) is 1.56. The maximum atomic E-state index is 11.2. The summed E-state index contributed by atoms with van der Waals surface area (Å²) < 4.78 is 16.4. The second-order valence-corrected chi connectivity index (χ2v) is 6.82. The van der Waals surface area contributed by atoms with Gasteiger partial charge in [-0.15, -0.1) is 0 Å². The van der Waals surface area contributed by atoms with Gasteiger partial charge in [0, 0.05) is 22.6 Å². The predicted molar refractivity (Wildman–Crippen MR) is 96.0 cm³/mol. The quantitative estimate of drug-likeness (QED) is 0.869. The van der Waals surface area contributed by atoms with Gasteiger partial charge >= 0.3 is 6.09 Å². The fourth-order valence-corrected chi connectivity index (χ4v) is 3.14. The van der Waals surface area contributed by atoms with Crippen LogP contribution in [0.2, 0.25) is 0 Å². The highest BCUT2D eigenvalue weighted by atomic mass is 16.5. The van der Waals surface area contributed by atoms with Crippen LogP contribution in [0.4, 0.5) is 4.79 Å². The van der Waals surface area contributed by atoms with Crippen LogP contribution in [0, 0.1) is 5.41 Å². The second kappa shape index (κ2) is 6.74. The van der Waals surface area contributed by atoms with Gasteiger partial charge in [0.25, 0.3) is 0 Å². The van der Waals surface area contributed by atoms with Gasteiger partial charge in [-0.2, -0.15) is 4.98 Å². The normalized spacial score (nSPS) is 17.6. The number of carboxylic acid groups (broad SMARTS) is 1. The van der Waals surface area contributed by atoms with Gasteiger partial charge in [-0.25, -0.2) is 4.79 Å². The van der Waals surface area contributed by atoms with E-state index in [0.717, 1.165) is 16.7 Å². The van der Waals surface area contributed by atoms with Crippen LogP contribution in [0.3, 0.4) is 0 Å². The van der Waals surface area contributed by atoms with Gasteiger partial charge in [0.1, 0.15) is 5.75 Å². The standard InChI is InChI=1S/C19H22N2O5/c1-19(2)10-26-14-9-11(5-6-13(14)16(19)21-18(22)23)12-7-8-15(24-3)20-17(12)25-4/h5-9,16,21H,10H2,1-4H3,(H,22,23). The summed E-state index contributed by atoms with van der Waals surface area (Å²) in [5.41, 5.74) is 2.12. The van der Waals surface area contributed by atoms with Gasteiger partial charge in [0.15, 0.2) is 0 Å². The topological polar surface area (TPSA) is 89.9 Å². The van der Waals surface area contributed by atoms with Gasteiger partial charge in [0.2, 0.25) is 11.8 Å². The Hall–Kier alpha value is -2.96. The fraction of sp³-hybridized carbons (Fsp3) is 0.368. The molecule has 1 atom stereocenters. The van der Waals surface area contributed by atoms with E-state index in [2.05, 4.69) is 10.3 Å². The molecule has 2 heterocycles. The Bertz CT molecular complexity index is 835. The van der Waals surface area contributed by atoms with E-state index in [1.807, 2.05) is 38.1 Å². The molecule has 0 saturated heterocycles. The molecule has 0 spiro atoms. The van der Waals surface area contributed by atoms with E-state index in [1.165, 1.54) is 0 Å². The molecule has 3 rings (SSSR count). The van der Waals surface area contributed by atoms with E-state index in [0.29, 0.717) is 24.1 Å². The lowest BCUT2D eigenvalue weighted by atomic mass is 9.78. The molecule has 0 radical (unpaired) electrons. The first kappa shape index (κ1) is 17.8. The molecule has 7 heteroatoms. The number of nitrogens with zero attached hydrogens (tertiary/aromatic N) is 1. The van der Waals surface area contributed by atoms with Crippen molar-refractivity contribution >= 4 is 6.09 Å². The predicted octanol–water partition coefficient (Wildman–Crippen LogP) is 3.49. The molecule has 2 N–H and O–H groups in total. The Balaban J connectivity index is 2.03. The molecule has 26 heavy (non-hydrogen) atoms. The van der Waals surface area contributed by atoms with Crippen LogP contribution in [0.1, 0.15) is 25.5 Å². The van der Waals surface area contributed by atoms with Crippen LogP contribution in [0.5, 0.6) is 17.5 Å². The zero-order valence-electron chi connectivity index (χ0n) is 15.2. The monoisotopic (exact) mass is 358 g/mol. The number of methoxy groups -OCH3 is 2. The van der Waals surface area contributed by atoms with E-state index >= 15 is 0 Å². The summed E-state index contributed by atoms with van der Waals surface area (Å²) in [4.78, 5) is 15.5. The highest BCUT2D eigenvalue weighted by Crippen LogP contribution is 2.44. The van der Waals surface area contributed by atoms with E-state index in [4.69, 9.17) is 14.2 Å². The van der Waals surface area contributed by atoms with E-state index in [1.54, 1.807) is 20.3 Å². The third-order valence-electron chi connectivity index (χ3n) is 4.52. The molecule has 138 valence electrons. The lowest BCUT2D eigenvalue weighted by Crippen LogP contribution is -2.43. The maximum Gasteiger partial charge on any atom is 0.405 e. The molecule has 1 aliphatic rings. The number of hydrogen-bond acceptors (Lipinski definition) is 5. The van der Waals surface area contributed by atoms with Crippen LogP contribution < -0.4 is 19.5 Å². The zero-order chi connectivity index (χ0) is 18.9. The highest BCUT2D eigenvalue weighted by molar-refractivity contribution is 5.72. The molecule has 0 bridgehead atoms. The first-order valence-corrected chi connectivity index (χ1v) is 8.21. The van der Waals surface area contributed by atoms with Crippen LogP contribution in [-0.2, 0) is 0 Å². The SMILES string of the molecule is COc1ccc(-c2ccc3c(c2)OCC(C)(C)C3NC(=O)O)c(OC)n1. The minimum absolute atomic E-state index is 0.353. The number of amides is 1. The third kappa shape index (κ3) is 3.24. The molecule has 1 aromatic carbocycles. The van der Waals surface area contributed by atoms with Crippen molar-refractivity contribution in [3.05, 3.63) is 35.9 Å². The lowest BCUT2D eigenvalue weighted by Gasteiger charge is -2.39. The third-order valence-corrected chi connectivity index (χ3v) is 4.52. The smallest absolute Gasteiger partial charge is 0.405 e. The fourth-order valence-electron chi connectivity index (χ4n) is 3.14. The van der Waals surface area contributed by atoms with Crippen molar-refractivity contribution in [3.63, 3.8) is 0 Å². The number of fused-ring (bicyclic) bond motifs is 1. The molecule has 0 aliphatic carbocycles. The summed E-state index contributed by atoms with van der Waals surface area (Å²) in [5, 5.41) is 11.8. The van der Waals surface area contributed by atoms with Gasteiger partial charge in [0.05, 0.1) is 26.9 Å². The molecule has 7 nitrogen and oxygen atoms in total. The van der Waals surface area contributed by atoms with Crippen molar-refractivity contribution < 1.29 is 24.1 Å².